The molecule has 1 amide bonds. The van der Waals surface area contributed by atoms with E-state index < -0.39 is 0 Å². The van der Waals surface area contributed by atoms with Gasteiger partial charge >= 0.3 is 0 Å². The zero-order valence-electron chi connectivity index (χ0n) is 17.8. The SMILES string of the molecule is CCCc1nc(-c2ccc(F)cc2)oc1C(=O)NC(C)CN1CCN(C(C)=S)CC1. The van der Waals surface area contributed by atoms with Gasteiger partial charge in [0.15, 0.2) is 0 Å². The number of aryl methyl sites for hydroxylation is 1. The topological polar surface area (TPSA) is 61.6 Å². The molecule has 0 aliphatic carbocycles. The van der Waals surface area contributed by atoms with Crippen molar-refractivity contribution in [3.05, 3.63) is 41.5 Å². The van der Waals surface area contributed by atoms with Gasteiger partial charge in [0.1, 0.15) is 5.82 Å². The minimum Gasteiger partial charge on any atom is -0.431 e. The van der Waals surface area contributed by atoms with E-state index in [1.165, 1.54) is 12.1 Å². The predicted octanol–water partition coefficient (Wildman–Crippen LogP) is 3.52. The van der Waals surface area contributed by atoms with Gasteiger partial charge in [0.25, 0.3) is 5.91 Å². The number of rotatable bonds is 7. The molecule has 1 aromatic heterocycles. The molecule has 0 bridgehead atoms. The van der Waals surface area contributed by atoms with E-state index in [1.807, 2.05) is 20.8 Å². The maximum atomic E-state index is 13.2. The van der Waals surface area contributed by atoms with Crippen LogP contribution in [-0.2, 0) is 6.42 Å². The lowest BCUT2D eigenvalue weighted by Crippen LogP contribution is -2.51. The lowest BCUT2D eigenvalue weighted by molar-refractivity contribution is 0.0893. The maximum absolute atomic E-state index is 13.2. The summed E-state index contributed by atoms with van der Waals surface area (Å²) in [5.41, 5.74) is 1.28. The molecule has 8 heteroatoms. The second kappa shape index (κ2) is 10.1. The first-order valence-corrected chi connectivity index (χ1v) is 10.8. The summed E-state index contributed by atoms with van der Waals surface area (Å²) in [6.45, 7) is 10.4. The number of amides is 1. The van der Waals surface area contributed by atoms with Gasteiger partial charge in [-0.3, -0.25) is 9.69 Å². The van der Waals surface area contributed by atoms with Crippen molar-refractivity contribution in [3.8, 4) is 11.5 Å². The number of oxazole rings is 1. The molecule has 1 unspecified atom stereocenters. The summed E-state index contributed by atoms with van der Waals surface area (Å²) in [4.78, 5) is 22.8. The van der Waals surface area contributed by atoms with Crippen LogP contribution in [0.2, 0.25) is 0 Å². The molecular formula is C22H29FN4O2S. The van der Waals surface area contributed by atoms with Crippen molar-refractivity contribution in [2.45, 2.75) is 39.7 Å². The fourth-order valence-electron chi connectivity index (χ4n) is 3.62. The summed E-state index contributed by atoms with van der Waals surface area (Å²) >= 11 is 5.25. The van der Waals surface area contributed by atoms with Gasteiger partial charge in [-0.25, -0.2) is 9.37 Å². The highest BCUT2D eigenvalue weighted by molar-refractivity contribution is 7.80. The number of nitrogens with one attached hydrogen (secondary N) is 1. The van der Waals surface area contributed by atoms with E-state index in [4.69, 9.17) is 16.6 Å². The number of benzene rings is 1. The molecule has 1 aliphatic rings. The molecule has 162 valence electrons. The lowest BCUT2D eigenvalue weighted by atomic mass is 10.2. The Morgan fingerprint density at radius 3 is 2.53 bits per heavy atom. The number of aromatic nitrogens is 1. The third-order valence-electron chi connectivity index (χ3n) is 5.21. The van der Waals surface area contributed by atoms with Crippen LogP contribution in [0.3, 0.4) is 0 Å². The smallest absolute Gasteiger partial charge is 0.289 e. The van der Waals surface area contributed by atoms with Gasteiger partial charge in [0, 0.05) is 44.3 Å². The van der Waals surface area contributed by atoms with Crippen molar-refractivity contribution in [2.24, 2.45) is 0 Å². The highest BCUT2D eigenvalue weighted by atomic mass is 32.1. The second-order valence-corrected chi connectivity index (χ2v) is 8.32. The fraction of sp³-hybridized carbons (Fsp3) is 0.500. The Balaban J connectivity index is 1.64. The quantitative estimate of drug-likeness (QED) is 0.676. The summed E-state index contributed by atoms with van der Waals surface area (Å²) in [5, 5.41) is 3.04. The minimum atomic E-state index is -0.326. The predicted molar refractivity (Wildman–Crippen MR) is 119 cm³/mol. The van der Waals surface area contributed by atoms with Crippen LogP contribution in [0, 0.1) is 5.82 Å². The summed E-state index contributed by atoms with van der Waals surface area (Å²) in [5.74, 6) is -0.0141. The molecule has 0 saturated carbocycles. The standard InChI is InChI=1S/C22H29FN4O2S/c1-4-5-19-20(29-22(25-19)17-6-8-18(23)9-7-17)21(28)24-15(2)14-26-10-12-27(13-11-26)16(3)30/h6-9,15H,4-5,10-14H2,1-3H3,(H,24,28). The Kier molecular flexibility index (Phi) is 7.55. The third-order valence-corrected chi connectivity index (χ3v) is 5.47. The normalized spacial score (nSPS) is 15.8. The summed E-state index contributed by atoms with van der Waals surface area (Å²) in [7, 11) is 0. The van der Waals surface area contributed by atoms with Crippen molar-refractivity contribution < 1.29 is 13.6 Å². The summed E-state index contributed by atoms with van der Waals surface area (Å²) < 4.78 is 19.0. The first-order valence-electron chi connectivity index (χ1n) is 10.4. The molecule has 1 aromatic carbocycles. The highest BCUT2D eigenvalue weighted by Crippen LogP contribution is 2.23. The molecule has 0 radical (unpaired) electrons. The number of hydrogen-bond acceptors (Lipinski definition) is 5. The molecular weight excluding hydrogens is 403 g/mol. The Morgan fingerprint density at radius 1 is 1.27 bits per heavy atom. The molecule has 1 aliphatic heterocycles. The third kappa shape index (κ3) is 5.64. The number of hydrogen-bond donors (Lipinski definition) is 1. The van der Waals surface area contributed by atoms with Crippen LogP contribution >= 0.6 is 12.2 Å². The number of carbonyl (C=O) groups excluding carboxylic acids is 1. The number of halogens is 1. The Morgan fingerprint density at radius 2 is 1.93 bits per heavy atom. The first-order chi connectivity index (χ1) is 14.4. The van der Waals surface area contributed by atoms with Gasteiger partial charge in [0.05, 0.1) is 10.7 Å². The van der Waals surface area contributed by atoms with E-state index >= 15 is 0 Å². The van der Waals surface area contributed by atoms with Crippen LogP contribution in [0.25, 0.3) is 11.5 Å². The maximum Gasteiger partial charge on any atom is 0.289 e. The molecule has 1 fully saturated rings. The zero-order valence-corrected chi connectivity index (χ0v) is 18.6. The second-order valence-electron chi connectivity index (χ2n) is 7.73. The Labute approximate surface area is 182 Å². The molecule has 1 atom stereocenters. The number of carbonyl (C=O) groups is 1. The average Bonchev–Trinajstić information content (AvgIpc) is 3.13. The minimum absolute atomic E-state index is 0.0357. The van der Waals surface area contributed by atoms with Gasteiger partial charge < -0.3 is 14.6 Å². The van der Waals surface area contributed by atoms with E-state index in [9.17, 15) is 9.18 Å². The van der Waals surface area contributed by atoms with Crippen LogP contribution < -0.4 is 5.32 Å². The summed E-state index contributed by atoms with van der Waals surface area (Å²) in [6, 6.07) is 5.87. The molecule has 2 heterocycles. The van der Waals surface area contributed by atoms with E-state index in [-0.39, 0.29) is 23.5 Å². The van der Waals surface area contributed by atoms with Crippen molar-refractivity contribution in [1.29, 1.82) is 0 Å². The van der Waals surface area contributed by atoms with Crippen LogP contribution in [0.15, 0.2) is 28.7 Å². The highest BCUT2D eigenvalue weighted by Gasteiger charge is 2.24. The molecule has 0 spiro atoms. The van der Waals surface area contributed by atoms with E-state index in [0.717, 1.165) is 44.1 Å². The van der Waals surface area contributed by atoms with Crippen LogP contribution in [-0.4, -0.2) is 64.4 Å². The fourth-order valence-corrected chi connectivity index (χ4v) is 3.80. The molecule has 2 aromatic rings. The van der Waals surface area contributed by atoms with Crippen molar-refractivity contribution in [3.63, 3.8) is 0 Å². The number of piperazine rings is 1. The van der Waals surface area contributed by atoms with Gasteiger partial charge in [0.2, 0.25) is 11.7 Å². The first kappa shape index (κ1) is 22.4. The van der Waals surface area contributed by atoms with Gasteiger partial charge in [-0.1, -0.05) is 25.6 Å². The van der Waals surface area contributed by atoms with Gasteiger partial charge in [-0.15, -0.1) is 0 Å². The molecule has 3 rings (SSSR count). The van der Waals surface area contributed by atoms with Crippen LogP contribution in [0.4, 0.5) is 4.39 Å². The van der Waals surface area contributed by atoms with Crippen molar-refractivity contribution >= 4 is 23.1 Å². The van der Waals surface area contributed by atoms with E-state index in [1.54, 1.807) is 12.1 Å². The average molecular weight is 433 g/mol. The zero-order chi connectivity index (χ0) is 21.7. The number of thiocarbonyl (C=S) groups is 1. The van der Waals surface area contributed by atoms with Gasteiger partial charge in [-0.05, 0) is 44.5 Å². The largest absolute Gasteiger partial charge is 0.431 e. The molecule has 1 saturated heterocycles. The van der Waals surface area contributed by atoms with Crippen molar-refractivity contribution in [2.75, 3.05) is 32.7 Å². The molecule has 6 nitrogen and oxygen atoms in total. The van der Waals surface area contributed by atoms with E-state index in [2.05, 4.69) is 20.1 Å². The van der Waals surface area contributed by atoms with Crippen molar-refractivity contribution in [1.82, 2.24) is 20.1 Å². The van der Waals surface area contributed by atoms with Crippen LogP contribution in [0.1, 0.15) is 43.4 Å². The summed E-state index contributed by atoms with van der Waals surface area (Å²) in [6.07, 6.45) is 1.48. The Hall–Kier alpha value is -2.32. The molecule has 30 heavy (non-hydrogen) atoms. The molecule has 1 N–H and O–H groups in total. The van der Waals surface area contributed by atoms with Crippen LogP contribution in [0.5, 0.6) is 0 Å². The number of nitrogens with zero attached hydrogens (tertiary/aromatic N) is 3. The Bertz CT molecular complexity index is 876. The van der Waals surface area contributed by atoms with E-state index in [0.29, 0.717) is 23.6 Å². The monoisotopic (exact) mass is 432 g/mol. The lowest BCUT2D eigenvalue weighted by Gasteiger charge is -2.36. The van der Waals surface area contributed by atoms with Gasteiger partial charge in [-0.2, -0.15) is 0 Å².